The number of hydrogen-bond donors (Lipinski definition) is 0. The second-order valence-corrected chi connectivity index (χ2v) is 4.01. The Hall–Kier alpha value is -0.540. The molecular formula is C11H12BrClO2. The first-order chi connectivity index (χ1) is 7.17. The molecule has 2 nitrogen and oxygen atoms in total. The highest BCUT2D eigenvalue weighted by atomic mass is 79.9. The van der Waals surface area contributed by atoms with Gasteiger partial charge in [-0.25, -0.2) is 0 Å². The lowest BCUT2D eigenvalue weighted by Crippen LogP contribution is -2.03. The average molecular weight is 292 g/mol. The number of carbonyl (C=O) groups is 1. The molecule has 0 radical (unpaired) electrons. The molecule has 0 N–H and O–H groups in total. The van der Waals surface area contributed by atoms with Crippen LogP contribution in [0.4, 0.5) is 0 Å². The van der Waals surface area contributed by atoms with E-state index in [1.807, 2.05) is 13.0 Å². The van der Waals surface area contributed by atoms with Crippen LogP contribution >= 0.6 is 27.5 Å². The lowest BCUT2D eigenvalue weighted by molar-refractivity contribution is -0.115. The van der Waals surface area contributed by atoms with Crippen LogP contribution in [-0.4, -0.2) is 17.7 Å². The molecule has 0 spiro atoms. The molecule has 0 amide bonds. The van der Waals surface area contributed by atoms with E-state index in [0.717, 1.165) is 5.56 Å². The van der Waals surface area contributed by atoms with Crippen molar-refractivity contribution in [1.29, 1.82) is 0 Å². The molecule has 0 heterocycles. The molecule has 0 bridgehead atoms. The van der Waals surface area contributed by atoms with Crippen LogP contribution in [0.3, 0.4) is 0 Å². The van der Waals surface area contributed by atoms with Crippen molar-refractivity contribution in [2.24, 2.45) is 0 Å². The Balaban J connectivity index is 2.77. The van der Waals surface area contributed by atoms with E-state index in [-0.39, 0.29) is 5.78 Å². The van der Waals surface area contributed by atoms with Crippen molar-refractivity contribution in [1.82, 2.24) is 0 Å². The molecule has 0 aliphatic rings. The van der Waals surface area contributed by atoms with Crippen LogP contribution < -0.4 is 4.74 Å². The monoisotopic (exact) mass is 290 g/mol. The number of ketones is 1. The van der Waals surface area contributed by atoms with E-state index in [9.17, 15) is 4.79 Å². The summed E-state index contributed by atoms with van der Waals surface area (Å²) in [6.45, 7) is 2.48. The minimum absolute atomic E-state index is 0.134. The summed E-state index contributed by atoms with van der Waals surface area (Å²) in [6.07, 6.45) is 0.400. The van der Waals surface area contributed by atoms with E-state index < -0.39 is 0 Å². The van der Waals surface area contributed by atoms with Gasteiger partial charge in [-0.05, 0) is 24.6 Å². The molecule has 0 aromatic heterocycles. The molecule has 0 fully saturated rings. The van der Waals surface area contributed by atoms with Gasteiger partial charge in [-0.2, -0.15) is 0 Å². The lowest BCUT2D eigenvalue weighted by atomic mass is 10.1. The summed E-state index contributed by atoms with van der Waals surface area (Å²) in [5.74, 6) is 0.796. The molecule has 4 heteroatoms. The van der Waals surface area contributed by atoms with Crippen LogP contribution in [0.5, 0.6) is 5.75 Å². The van der Waals surface area contributed by atoms with Crippen LogP contribution in [0.25, 0.3) is 0 Å². The molecule has 0 saturated heterocycles. The Morgan fingerprint density at radius 2 is 2.27 bits per heavy atom. The van der Waals surface area contributed by atoms with Gasteiger partial charge in [0, 0.05) is 6.42 Å². The molecule has 1 rings (SSSR count). The molecule has 0 aliphatic carbocycles. The summed E-state index contributed by atoms with van der Waals surface area (Å²) >= 11 is 9.11. The lowest BCUT2D eigenvalue weighted by Gasteiger charge is -2.06. The van der Waals surface area contributed by atoms with Crippen LogP contribution in [0, 0.1) is 0 Å². The van der Waals surface area contributed by atoms with Crippen LogP contribution in [0.15, 0.2) is 18.2 Å². The fourth-order valence-electron chi connectivity index (χ4n) is 1.20. The van der Waals surface area contributed by atoms with Gasteiger partial charge in [-0.3, -0.25) is 4.79 Å². The number of rotatable bonds is 5. The zero-order valence-electron chi connectivity index (χ0n) is 8.43. The van der Waals surface area contributed by atoms with Crippen molar-refractivity contribution in [3.05, 3.63) is 28.8 Å². The minimum Gasteiger partial charge on any atom is -0.492 e. The topological polar surface area (TPSA) is 26.3 Å². The highest BCUT2D eigenvalue weighted by Crippen LogP contribution is 2.25. The maximum atomic E-state index is 11.2. The van der Waals surface area contributed by atoms with Crippen LogP contribution in [0.1, 0.15) is 12.5 Å². The zero-order valence-corrected chi connectivity index (χ0v) is 10.8. The zero-order chi connectivity index (χ0) is 11.3. The Morgan fingerprint density at radius 1 is 1.53 bits per heavy atom. The maximum Gasteiger partial charge on any atom is 0.147 e. The Kier molecular flexibility index (Phi) is 5.12. The van der Waals surface area contributed by atoms with Crippen molar-refractivity contribution in [2.75, 3.05) is 11.9 Å². The van der Waals surface area contributed by atoms with Gasteiger partial charge in [0.05, 0.1) is 17.0 Å². The smallest absolute Gasteiger partial charge is 0.147 e. The highest BCUT2D eigenvalue weighted by molar-refractivity contribution is 9.09. The summed E-state index contributed by atoms with van der Waals surface area (Å²) in [6, 6.07) is 5.42. The second-order valence-electron chi connectivity index (χ2n) is 3.05. The standard InChI is InChI=1S/C11H12BrClO2/c1-2-15-11-4-3-8(6-10(11)13)5-9(14)7-12/h3-4,6H,2,5,7H2,1H3. The van der Waals surface area contributed by atoms with E-state index in [1.54, 1.807) is 12.1 Å². The molecule has 0 unspecified atom stereocenters. The normalized spacial score (nSPS) is 10.1. The second kappa shape index (κ2) is 6.13. The number of hydrogen-bond acceptors (Lipinski definition) is 2. The molecule has 0 atom stereocenters. The summed E-state index contributed by atoms with van der Waals surface area (Å²) in [7, 11) is 0. The number of halogens is 2. The van der Waals surface area contributed by atoms with Gasteiger partial charge >= 0.3 is 0 Å². The third kappa shape index (κ3) is 3.84. The van der Waals surface area contributed by atoms with Crippen molar-refractivity contribution < 1.29 is 9.53 Å². The third-order valence-corrected chi connectivity index (χ3v) is 2.77. The summed E-state index contributed by atoms with van der Waals surface area (Å²) in [5, 5.41) is 0.925. The van der Waals surface area contributed by atoms with Crippen molar-refractivity contribution in [3.63, 3.8) is 0 Å². The van der Waals surface area contributed by atoms with Gasteiger partial charge in [0.1, 0.15) is 11.5 Å². The fourth-order valence-corrected chi connectivity index (χ4v) is 1.66. The van der Waals surface area contributed by atoms with E-state index >= 15 is 0 Å². The highest BCUT2D eigenvalue weighted by Gasteiger charge is 2.05. The minimum atomic E-state index is 0.134. The summed E-state index contributed by atoms with van der Waals surface area (Å²) < 4.78 is 5.30. The molecule has 15 heavy (non-hydrogen) atoms. The number of carbonyl (C=O) groups excluding carboxylic acids is 1. The number of Topliss-reactive ketones (excluding diaryl/α,β-unsaturated/α-hetero) is 1. The first-order valence-electron chi connectivity index (χ1n) is 4.66. The van der Waals surface area contributed by atoms with Gasteiger partial charge in [0.15, 0.2) is 0 Å². The quantitative estimate of drug-likeness (QED) is 0.779. The fraction of sp³-hybridized carbons (Fsp3) is 0.364. The van der Waals surface area contributed by atoms with Crippen molar-refractivity contribution >= 4 is 33.3 Å². The van der Waals surface area contributed by atoms with E-state index in [1.165, 1.54) is 0 Å². The number of ether oxygens (including phenoxy) is 1. The SMILES string of the molecule is CCOc1ccc(CC(=O)CBr)cc1Cl. The van der Waals surface area contributed by atoms with E-state index in [2.05, 4.69) is 15.9 Å². The summed E-state index contributed by atoms with van der Waals surface area (Å²) in [4.78, 5) is 11.2. The molecule has 1 aromatic carbocycles. The largest absolute Gasteiger partial charge is 0.492 e. The van der Waals surface area contributed by atoms with Gasteiger partial charge < -0.3 is 4.74 Å². The third-order valence-electron chi connectivity index (χ3n) is 1.85. The van der Waals surface area contributed by atoms with E-state index in [4.69, 9.17) is 16.3 Å². The first kappa shape index (κ1) is 12.5. The summed E-state index contributed by atoms with van der Waals surface area (Å²) in [5.41, 5.74) is 0.910. The van der Waals surface area contributed by atoms with Crippen LogP contribution in [-0.2, 0) is 11.2 Å². The van der Waals surface area contributed by atoms with Gasteiger partial charge in [-0.15, -0.1) is 0 Å². The molecular weight excluding hydrogens is 279 g/mol. The molecule has 0 saturated carbocycles. The Bertz CT molecular complexity index is 352. The maximum absolute atomic E-state index is 11.2. The van der Waals surface area contributed by atoms with Gasteiger partial charge in [0.25, 0.3) is 0 Å². The Morgan fingerprint density at radius 3 is 2.80 bits per heavy atom. The first-order valence-corrected chi connectivity index (χ1v) is 6.16. The van der Waals surface area contributed by atoms with Crippen LogP contribution in [0.2, 0.25) is 5.02 Å². The van der Waals surface area contributed by atoms with Crippen molar-refractivity contribution in [2.45, 2.75) is 13.3 Å². The van der Waals surface area contributed by atoms with Gasteiger partial charge in [0.2, 0.25) is 0 Å². The number of benzene rings is 1. The van der Waals surface area contributed by atoms with E-state index in [0.29, 0.717) is 29.1 Å². The van der Waals surface area contributed by atoms with Gasteiger partial charge in [-0.1, -0.05) is 33.6 Å². The molecule has 1 aromatic rings. The molecule has 82 valence electrons. The van der Waals surface area contributed by atoms with Crippen molar-refractivity contribution in [3.8, 4) is 5.75 Å². The predicted octanol–water partition coefficient (Wildman–Crippen LogP) is 3.25. The molecule has 0 aliphatic heterocycles. The Labute approximate surface area is 103 Å². The average Bonchev–Trinajstić information content (AvgIpc) is 2.22. The predicted molar refractivity (Wildman–Crippen MR) is 65.1 cm³/mol. The number of alkyl halides is 1.